The number of hydrogen-bond donors (Lipinski definition) is 4. The second-order valence-electron chi connectivity index (χ2n) is 7.57. The lowest BCUT2D eigenvalue weighted by Crippen LogP contribution is -2.43. The molecule has 0 aromatic heterocycles. The number of anilines is 1. The molecule has 1 unspecified atom stereocenters. The molecule has 1 heterocycles. The number of carbonyl (C=O) groups is 2. The first-order valence-corrected chi connectivity index (χ1v) is 10.3. The SMILES string of the molecule is CN=C(NCCC(=O)NC1CCCCC1)NCC1CC(=O)Nc2ccccc21. The fraction of sp³-hybridized carbons (Fsp3) is 0.571. The van der Waals surface area contributed by atoms with Crippen LogP contribution in [0.5, 0.6) is 0 Å². The highest BCUT2D eigenvalue weighted by atomic mass is 16.2. The van der Waals surface area contributed by atoms with Crippen molar-refractivity contribution in [3.05, 3.63) is 29.8 Å². The first kappa shape index (κ1) is 20.2. The second-order valence-corrected chi connectivity index (χ2v) is 7.57. The van der Waals surface area contributed by atoms with Gasteiger partial charge in [0.2, 0.25) is 11.8 Å². The summed E-state index contributed by atoms with van der Waals surface area (Å²) in [5.74, 6) is 0.868. The van der Waals surface area contributed by atoms with Gasteiger partial charge in [-0.25, -0.2) is 0 Å². The molecule has 152 valence electrons. The molecule has 0 bridgehead atoms. The first-order valence-electron chi connectivity index (χ1n) is 10.3. The number of rotatable bonds is 6. The molecule has 2 aliphatic rings. The number of hydrogen-bond acceptors (Lipinski definition) is 3. The molecule has 1 aromatic rings. The number of benzene rings is 1. The van der Waals surface area contributed by atoms with Crippen molar-refractivity contribution >= 4 is 23.5 Å². The highest BCUT2D eigenvalue weighted by Crippen LogP contribution is 2.31. The largest absolute Gasteiger partial charge is 0.356 e. The van der Waals surface area contributed by atoms with Crippen molar-refractivity contribution in [2.24, 2.45) is 4.99 Å². The monoisotopic (exact) mass is 385 g/mol. The molecule has 2 amide bonds. The van der Waals surface area contributed by atoms with Crippen molar-refractivity contribution in [2.45, 2.75) is 56.9 Å². The number of carbonyl (C=O) groups excluding carboxylic acids is 2. The molecule has 1 fully saturated rings. The van der Waals surface area contributed by atoms with Crippen molar-refractivity contribution in [2.75, 3.05) is 25.5 Å². The van der Waals surface area contributed by atoms with Crippen molar-refractivity contribution in [3.8, 4) is 0 Å². The summed E-state index contributed by atoms with van der Waals surface area (Å²) in [5, 5.41) is 12.5. The van der Waals surface area contributed by atoms with Crippen LogP contribution in [-0.4, -0.2) is 44.0 Å². The zero-order valence-electron chi connectivity index (χ0n) is 16.6. The minimum Gasteiger partial charge on any atom is -0.356 e. The van der Waals surface area contributed by atoms with Crippen molar-refractivity contribution in [3.63, 3.8) is 0 Å². The van der Waals surface area contributed by atoms with Crippen LogP contribution in [-0.2, 0) is 9.59 Å². The second kappa shape index (κ2) is 10.1. The summed E-state index contributed by atoms with van der Waals surface area (Å²) in [6.45, 7) is 1.14. The van der Waals surface area contributed by atoms with E-state index in [1.165, 1.54) is 19.3 Å². The minimum absolute atomic E-state index is 0.0350. The molecular weight excluding hydrogens is 354 g/mol. The standard InChI is InChI=1S/C21H31N5O2/c1-22-21(23-12-11-19(27)25-16-7-3-2-4-8-16)24-14-15-13-20(28)26-18-10-6-5-9-17(15)18/h5-6,9-10,15-16H,2-4,7-8,11-14H2,1H3,(H,25,27)(H,26,28)(H2,22,23,24). The fourth-order valence-electron chi connectivity index (χ4n) is 3.97. The Kier molecular flexibility index (Phi) is 7.28. The molecule has 1 atom stereocenters. The van der Waals surface area contributed by atoms with Crippen LogP contribution in [0.15, 0.2) is 29.3 Å². The summed E-state index contributed by atoms with van der Waals surface area (Å²) < 4.78 is 0. The van der Waals surface area contributed by atoms with E-state index in [2.05, 4.69) is 26.3 Å². The minimum atomic E-state index is 0.0350. The Bertz CT molecular complexity index is 713. The van der Waals surface area contributed by atoms with Gasteiger partial charge in [0.15, 0.2) is 5.96 Å². The topological polar surface area (TPSA) is 94.6 Å². The third-order valence-electron chi connectivity index (χ3n) is 5.46. The number of aliphatic imine (C=N–C) groups is 1. The van der Waals surface area contributed by atoms with E-state index >= 15 is 0 Å². The molecule has 3 rings (SSSR count). The van der Waals surface area contributed by atoms with Crippen molar-refractivity contribution in [1.82, 2.24) is 16.0 Å². The lowest BCUT2D eigenvalue weighted by atomic mass is 9.90. The lowest BCUT2D eigenvalue weighted by Gasteiger charge is -2.26. The molecular formula is C21H31N5O2. The van der Waals surface area contributed by atoms with Crippen LogP contribution in [0.2, 0.25) is 0 Å². The molecule has 7 heteroatoms. The summed E-state index contributed by atoms with van der Waals surface area (Å²) in [6, 6.07) is 8.23. The maximum Gasteiger partial charge on any atom is 0.225 e. The summed E-state index contributed by atoms with van der Waals surface area (Å²) in [4.78, 5) is 28.3. The summed E-state index contributed by atoms with van der Waals surface area (Å²) in [5.41, 5.74) is 2.02. The highest BCUT2D eigenvalue weighted by molar-refractivity contribution is 5.94. The average molecular weight is 386 g/mol. The molecule has 7 nitrogen and oxygen atoms in total. The van der Waals surface area contributed by atoms with Crippen LogP contribution in [0.1, 0.15) is 56.4 Å². The smallest absolute Gasteiger partial charge is 0.225 e. The van der Waals surface area contributed by atoms with Crippen molar-refractivity contribution in [1.29, 1.82) is 0 Å². The Morgan fingerprint density at radius 3 is 2.75 bits per heavy atom. The van der Waals surface area contributed by atoms with Gasteiger partial charge in [-0.1, -0.05) is 37.5 Å². The van der Waals surface area contributed by atoms with E-state index in [0.29, 0.717) is 37.9 Å². The van der Waals surface area contributed by atoms with Gasteiger partial charge in [-0.05, 0) is 24.5 Å². The summed E-state index contributed by atoms with van der Waals surface area (Å²) >= 11 is 0. The van der Waals surface area contributed by atoms with Gasteiger partial charge in [-0.15, -0.1) is 0 Å². The van der Waals surface area contributed by atoms with Gasteiger partial charge >= 0.3 is 0 Å². The molecule has 0 radical (unpaired) electrons. The third kappa shape index (κ3) is 5.71. The first-order chi connectivity index (χ1) is 13.7. The van der Waals surface area contributed by atoms with E-state index in [-0.39, 0.29) is 17.7 Å². The van der Waals surface area contributed by atoms with E-state index < -0.39 is 0 Å². The fourth-order valence-corrected chi connectivity index (χ4v) is 3.97. The van der Waals surface area contributed by atoms with Gasteiger partial charge in [0.1, 0.15) is 0 Å². The molecule has 1 aliphatic heterocycles. The number of amides is 2. The molecule has 1 aromatic carbocycles. The zero-order chi connectivity index (χ0) is 19.8. The van der Waals surface area contributed by atoms with Crippen LogP contribution in [0.4, 0.5) is 5.69 Å². The van der Waals surface area contributed by atoms with Gasteiger partial charge in [0.25, 0.3) is 0 Å². The summed E-state index contributed by atoms with van der Waals surface area (Å²) in [7, 11) is 1.71. The molecule has 0 saturated heterocycles. The van der Waals surface area contributed by atoms with Crippen LogP contribution >= 0.6 is 0 Å². The Hall–Kier alpha value is -2.57. The van der Waals surface area contributed by atoms with E-state index in [1.54, 1.807) is 7.05 Å². The van der Waals surface area contributed by atoms with Gasteiger partial charge < -0.3 is 21.3 Å². The quantitative estimate of drug-likeness (QED) is 0.446. The van der Waals surface area contributed by atoms with Gasteiger partial charge in [0, 0.05) is 50.6 Å². The van der Waals surface area contributed by atoms with Crippen LogP contribution in [0.25, 0.3) is 0 Å². The molecule has 28 heavy (non-hydrogen) atoms. The number of nitrogens with zero attached hydrogens (tertiary/aromatic N) is 1. The number of nitrogens with one attached hydrogen (secondary N) is 4. The average Bonchev–Trinajstić information content (AvgIpc) is 2.71. The van der Waals surface area contributed by atoms with Crippen LogP contribution < -0.4 is 21.3 Å². The molecule has 1 saturated carbocycles. The Morgan fingerprint density at radius 2 is 1.96 bits per heavy atom. The van der Waals surface area contributed by atoms with Gasteiger partial charge in [-0.2, -0.15) is 0 Å². The number of fused-ring (bicyclic) bond motifs is 1. The molecule has 4 N–H and O–H groups in total. The highest BCUT2D eigenvalue weighted by Gasteiger charge is 2.24. The Morgan fingerprint density at radius 1 is 1.18 bits per heavy atom. The van der Waals surface area contributed by atoms with Gasteiger partial charge in [0.05, 0.1) is 0 Å². The Balaban J connectivity index is 1.41. The normalized spacial score (nSPS) is 20.1. The summed E-state index contributed by atoms with van der Waals surface area (Å²) in [6.07, 6.45) is 6.77. The maximum absolute atomic E-state index is 12.1. The van der Waals surface area contributed by atoms with E-state index in [0.717, 1.165) is 24.1 Å². The van der Waals surface area contributed by atoms with Crippen LogP contribution in [0, 0.1) is 0 Å². The van der Waals surface area contributed by atoms with E-state index in [1.807, 2.05) is 24.3 Å². The predicted octanol–water partition coefficient (Wildman–Crippen LogP) is 2.12. The molecule has 0 spiro atoms. The number of para-hydroxylation sites is 1. The third-order valence-corrected chi connectivity index (χ3v) is 5.46. The van der Waals surface area contributed by atoms with E-state index in [9.17, 15) is 9.59 Å². The van der Waals surface area contributed by atoms with E-state index in [4.69, 9.17) is 0 Å². The molecule has 1 aliphatic carbocycles. The Labute approximate surface area is 166 Å². The maximum atomic E-state index is 12.1. The number of guanidine groups is 1. The predicted molar refractivity (Wildman–Crippen MR) is 111 cm³/mol. The lowest BCUT2D eigenvalue weighted by molar-refractivity contribution is -0.122. The van der Waals surface area contributed by atoms with Crippen LogP contribution in [0.3, 0.4) is 0 Å². The zero-order valence-corrected chi connectivity index (χ0v) is 16.6. The van der Waals surface area contributed by atoms with Gasteiger partial charge in [-0.3, -0.25) is 14.6 Å². The van der Waals surface area contributed by atoms with Crippen molar-refractivity contribution < 1.29 is 9.59 Å².